The number of carbonyl (C=O) groups excluding carboxylic acids is 1. The molecule has 1 aromatic rings. The molecule has 0 spiro atoms. The van der Waals surface area contributed by atoms with Gasteiger partial charge in [-0.05, 0) is 12.1 Å². The maximum absolute atomic E-state index is 11.7. The van der Waals surface area contributed by atoms with E-state index in [0.717, 1.165) is 0 Å². The molecule has 1 rings (SSSR count). The van der Waals surface area contributed by atoms with Crippen molar-refractivity contribution in [2.45, 2.75) is 6.54 Å². The van der Waals surface area contributed by atoms with E-state index in [0.29, 0.717) is 19.0 Å². The van der Waals surface area contributed by atoms with E-state index in [2.05, 4.69) is 27.5 Å². The minimum absolute atomic E-state index is 0. The number of carbonyl (C=O) groups is 1. The van der Waals surface area contributed by atoms with Crippen molar-refractivity contribution in [3.8, 4) is 0 Å². The second-order valence-corrected chi connectivity index (χ2v) is 5.06. The summed E-state index contributed by atoms with van der Waals surface area (Å²) in [5, 5.41) is 3.17. The van der Waals surface area contributed by atoms with Crippen molar-refractivity contribution in [1.29, 1.82) is 0 Å². The van der Waals surface area contributed by atoms with Gasteiger partial charge >= 0.3 is 0 Å². The second-order valence-electron chi connectivity index (χ2n) is 5.06. The van der Waals surface area contributed by atoms with Crippen LogP contribution in [-0.2, 0) is 18.4 Å². The van der Waals surface area contributed by atoms with Gasteiger partial charge in [-0.15, -0.1) is 30.6 Å². The molecule has 7 heteroatoms. The Balaban J connectivity index is 0.00000441. The van der Waals surface area contributed by atoms with Crippen molar-refractivity contribution in [3.63, 3.8) is 0 Å². The number of guanidine groups is 1. The standard InChI is InChI=1S/C15H25N5O.HI/c1-6-9-16-15(17-11-14(21)18(2)3)20(5)12-13-8-7-10-19(13)4;/h6-8,10H,1,9,11-12H2,2-5H3,(H,16,17);1H. The molecule has 0 saturated heterocycles. The van der Waals surface area contributed by atoms with Crippen LogP contribution in [0.4, 0.5) is 0 Å². The first-order valence-corrected chi connectivity index (χ1v) is 6.86. The van der Waals surface area contributed by atoms with E-state index >= 15 is 0 Å². The van der Waals surface area contributed by atoms with Crippen LogP contribution in [0.5, 0.6) is 0 Å². The summed E-state index contributed by atoms with van der Waals surface area (Å²) in [6, 6.07) is 4.07. The topological polar surface area (TPSA) is 52.9 Å². The number of nitrogens with one attached hydrogen (secondary N) is 1. The molecule has 1 heterocycles. The minimum Gasteiger partial charge on any atom is -0.353 e. The molecule has 0 saturated carbocycles. The predicted octanol–water partition coefficient (Wildman–Crippen LogP) is 1.29. The number of halogens is 1. The Hall–Kier alpha value is -1.51. The molecule has 0 fully saturated rings. The normalized spacial score (nSPS) is 10.6. The summed E-state index contributed by atoms with van der Waals surface area (Å²) in [7, 11) is 7.40. The highest BCUT2D eigenvalue weighted by Gasteiger charge is 2.10. The van der Waals surface area contributed by atoms with Crippen LogP contribution < -0.4 is 5.32 Å². The zero-order valence-corrected chi connectivity index (χ0v) is 16.1. The van der Waals surface area contributed by atoms with Crippen LogP contribution in [-0.4, -0.2) is 60.5 Å². The second kappa shape index (κ2) is 10.3. The van der Waals surface area contributed by atoms with Crippen molar-refractivity contribution in [3.05, 3.63) is 36.7 Å². The molecule has 1 N–H and O–H groups in total. The van der Waals surface area contributed by atoms with Gasteiger partial charge in [-0.3, -0.25) is 4.79 Å². The lowest BCUT2D eigenvalue weighted by atomic mass is 10.4. The number of nitrogens with zero attached hydrogens (tertiary/aromatic N) is 4. The largest absolute Gasteiger partial charge is 0.353 e. The number of likely N-dealkylation sites (N-methyl/N-ethyl adjacent to an activating group) is 1. The first-order valence-electron chi connectivity index (χ1n) is 6.86. The summed E-state index contributed by atoms with van der Waals surface area (Å²) >= 11 is 0. The van der Waals surface area contributed by atoms with Gasteiger partial charge < -0.3 is 19.7 Å². The Morgan fingerprint density at radius 2 is 2.14 bits per heavy atom. The highest BCUT2D eigenvalue weighted by atomic mass is 127. The number of hydrogen-bond donors (Lipinski definition) is 1. The third-order valence-corrected chi connectivity index (χ3v) is 3.08. The summed E-state index contributed by atoms with van der Waals surface area (Å²) in [6.45, 7) is 5.13. The lowest BCUT2D eigenvalue weighted by Gasteiger charge is -2.22. The lowest BCUT2D eigenvalue weighted by Crippen LogP contribution is -2.40. The summed E-state index contributed by atoms with van der Waals surface area (Å²) < 4.78 is 2.06. The molecule has 0 aromatic carbocycles. The monoisotopic (exact) mass is 419 g/mol. The van der Waals surface area contributed by atoms with Crippen LogP contribution in [0, 0.1) is 0 Å². The summed E-state index contributed by atoms with van der Waals surface area (Å²) in [4.78, 5) is 19.6. The maximum Gasteiger partial charge on any atom is 0.243 e. The molecular formula is C15H26IN5O. The third kappa shape index (κ3) is 6.50. The van der Waals surface area contributed by atoms with Gasteiger partial charge in [0.1, 0.15) is 6.54 Å². The average Bonchev–Trinajstić information content (AvgIpc) is 2.83. The zero-order valence-electron chi connectivity index (χ0n) is 13.7. The van der Waals surface area contributed by atoms with Crippen LogP contribution >= 0.6 is 24.0 Å². The van der Waals surface area contributed by atoms with Crippen molar-refractivity contribution in [1.82, 2.24) is 19.7 Å². The predicted molar refractivity (Wildman–Crippen MR) is 101 cm³/mol. The molecule has 0 aliphatic heterocycles. The van der Waals surface area contributed by atoms with Crippen molar-refractivity contribution < 1.29 is 4.79 Å². The van der Waals surface area contributed by atoms with Gasteiger partial charge in [0.2, 0.25) is 5.91 Å². The van der Waals surface area contributed by atoms with E-state index in [4.69, 9.17) is 0 Å². The van der Waals surface area contributed by atoms with E-state index in [1.54, 1.807) is 20.2 Å². The van der Waals surface area contributed by atoms with Crippen LogP contribution in [0.1, 0.15) is 5.69 Å². The summed E-state index contributed by atoms with van der Waals surface area (Å²) in [6.07, 6.45) is 3.77. The highest BCUT2D eigenvalue weighted by Crippen LogP contribution is 2.03. The van der Waals surface area contributed by atoms with E-state index in [-0.39, 0.29) is 36.4 Å². The molecular weight excluding hydrogens is 393 g/mol. The number of amides is 1. The average molecular weight is 419 g/mol. The van der Waals surface area contributed by atoms with Gasteiger partial charge in [-0.1, -0.05) is 6.08 Å². The van der Waals surface area contributed by atoms with Crippen molar-refractivity contribution in [2.75, 3.05) is 34.2 Å². The number of aromatic nitrogens is 1. The molecule has 0 bridgehead atoms. The molecule has 0 atom stereocenters. The Morgan fingerprint density at radius 3 is 2.64 bits per heavy atom. The molecule has 6 nitrogen and oxygen atoms in total. The lowest BCUT2D eigenvalue weighted by molar-refractivity contribution is -0.127. The van der Waals surface area contributed by atoms with Crippen LogP contribution in [0.3, 0.4) is 0 Å². The van der Waals surface area contributed by atoms with Crippen LogP contribution in [0.2, 0.25) is 0 Å². The molecule has 22 heavy (non-hydrogen) atoms. The number of rotatable bonds is 6. The SMILES string of the molecule is C=CCNC(=NCC(=O)N(C)C)N(C)Cc1cccn1C.I. The van der Waals surface area contributed by atoms with E-state index in [9.17, 15) is 4.79 Å². The molecule has 0 unspecified atom stereocenters. The quantitative estimate of drug-likeness (QED) is 0.327. The highest BCUT2D eigenvalue weighted by molar-refractivity contribution is 14.0. The fourth-order valence-corrected chi connectivity index (χ4v) is 1.74. The Kier molecular flexibility index (Phi) is 9.55. The van der Waals surface area contributed by atoms with Crippen molar-refractivity contribution in [2.24, 2.45) is 12.0 Å². The van der Waals surface area contributed by atoms with Gasteiger partial charge in [0.05, 0.1) is 6.54 Å². The van der Waals surface area contributed by atoms with Gasteiger partial charge in [0.25, 0.3) is 0 Å². The van der Waals surface area contributed by atoms with Gasteiger partial charge in [-0.2, -0.15) is 0 Å². The molecule has 0 aliphatic rings. The molecule has 1 amide bonds. The molecule has 124 valence electrons. The van der Waals surface area contributed by atoms with Crippen LogP contribution in [0.15, 0.2) is 36.0 Å². The summed E-state index contributed by atoms with van der Waals surface area (Å²) in [5.41, 5.74) is 1.17. The first-order chi connectivity index (χ1) is 9.95. The van der Waals surface area contributed by atoms with E-state index in [1.807, 2.05) is 31.3 Å². The third-order valence-electron chi connectivity index (χ3n) is 3.08. The Labute approximate surface area is 149 Å². The van der Waals surface area contributed by atoms with Gasteiger partial charge in [0.15, 0.2) is 5.96 Å². The Morgan fingerprint density at radius 1 is 1.45 bits per heavy atom. The van der Waals surface area contributed by atoms with Gasteiger partial charge in [0, 0.05) is 46.6 Å². The van der Waals surface area contributed by atoms with Gasteiger partial charge in [-0.25, -0.2) is 4.99 Å². The minimum atomic E-state index is -0.0276. The Bertz CT molecular complexity index is 510. The fourth-order valence-electron chi connectivity index (χ4n) is 1.74. The van der Waals surface area contributed by atoms with E-state index in [1.165, 1.54) is 10.6 Å². The number of aliphatic imine (C=N–C) groups is 1. The maximum atomic E-state index is 11.7. The zero-order chi connectivity index (χ0) is 15.8. The first kappa shape index (κ1) is 20.5. The molecule has 0 radical (unpaired) electrons. The molecule has 0 aliphatic carbocycles. The summed E-state index contributed by atoms with van der Waals surface area (Å²) in [5.74, 6) is 0.659. The van der Waals surface area contributed by atoms with Crippen molar-refractivity contribution >= 4 is 35.8 Å². The van der Waals surface area contributed by atoms with Crippen LogP contribution in [0.25, 0.3) is 0 Å². The number of aryl methyl sites for hydroxylation is 1. The van der Waals surface area contributed by atoms with E-state index < -0.39 is 0 Å². The molecule has 1 aromatic heterocycles. The number of hydrogen-bond acceptors (Lipinski definition) is 2. The smallest absolute Gasteiger partial charge is 0.243 e. The fraction of sp³-hybridized carbons (Fsp3) is 0.467.